The van der Waals surface area contributed by atoms with E-state index in [1.54, 1.807) is 6.92 Å². The summed E-state index contributed by atoms with van der Waals surface area (Å²) in [5, 5.41) is 21.8. The summed E-state index contributed by atoms with van der Waals surface area (Å²) in [6, 6.07) is 1.45. The number of aliphatic hydroxyl groups excluding tert-OH is 1. The molecule has 5 nitrogen and oxygen atoms in total. The first kappa shape index (κ1) is 12.7. The van der Waals surface area contributed by atoms with Crippen molar-refractivity contribution in [2.75, 3.05) is 11.9 Å². The Morgan fingerprint density at radius 2 is 2.31 bits per heavy atom. The minimum atomic E-state index is -0.750. The largest absolute Gasteiger partial charge is 0.394 e. The highest BCUT2D eigenvalue weighted by Gasteiger charge is 2.18. The highest BCUT2D eigenvalue weighted by Crippen LogP contribution is 2.30. The summed E-state index contributed by atoms with van der Waals surface area (Å²) < 4.78 is 13.1. The van der Waals surface area contributed by atoms with Crippen LogP contribution in [-0.2, 0) is 0 Å². The Kier molecular flexibility index (Phi) is 4.03. The Morgan fingerprint density at radius 3 is 2.81 bits per heavy atom. The van der Waals surface area contributed by atoms with Crippen LogP contribution in [0.25, 0.3) is 0 Å². The molecule has 0 amide bonds. The molecule has 0 aliphatic heterocycles. The zero-order valence-electron chi connectivity index (χ0n) is 8.41. The fraction of sp³-hybridized carbons (Fsp3) is 0.333. The van der Waals surface area contributed by atoms with E-state index < -0.39 is 16.8 Å². The fourth-order valence-electron chi connectivity index (χ4n) is 1.11. The molecule has 0 bridgehead atoms. The van der Waals surface area contributed by atoms with Crippen molar-refractivity contribution in [3.63, 3.8) is 0 Å². The number of nitrogens with one attached hydrogen (secondary N) is 1. The molecule has 0 aromatic heterocycles. The van der Waals surface area contributed by atoms with E-state index >= 15 is 0 Å². The van der Waals surface area contributed by atoms with Gasteiger partial charge in [0.2, 0.25) is 0 Å². The normalized spacial score (nSPS) is 12.2. The molecule has 0 spiro atoms. The van der Waals surface area contributed by atoms with Crippen molar-refractivity contribution in [1.82, 2.24) is 0 Å². The van der Waals surface area contributed by atoms with Gasteiger partial charge in [-0.25, -0.2) is 4.39 Å². The van der Waals surface area contributed by atoms with Crippen molar-refractivity contribution in [3.8, 4) is 0 Å². The van der Waals surface area contributed by atoms with Crippen LogP contribution in [0.4, 0.5) is 15.8 Å². The van der Waals surface area contributed by atoms with Crippen LogP contribution in [0.1, 0.15) is 6.92 Å². The summed E-state index contributed by atoms with van der Waals surface area (Å²) in [5.41, 5.74) is -0.333. The van der Waals surface area contributed by atoms with Gasteiger partial charge >= 0.3 is 0 Å². The molecule has 0 saturated carbocycles. The Morgan fingerprint density at radius 1 is 1.69 bits per heavy atom. The lowest BCUT2D eigenvalue weighted by Gasteiger charge is -2.12. The zero-order valence-corrected chi connectivity index (χ0v) is 9.16. The molecule has 88 valence electrons. The van der Waals surface area contributed by atoms with E-state index in [9.17, 15) is 14.5 Å². The van der Waals surface area contributed by atoms with Crippen LogP contribution in [-0.4, -0.2) is 22.7 Å². The first-order chi connectivity index (χ1) is 7.45. The number of nitro benzene ring substituents is 1. The Labute approximate surface area is 96.0 Å². The topological polar surface area (TPSA) is 75.4 Å². The number of benzene rings is 1. The van der Waals surface area contributed by atoms with Gasteiger partial charge in [0.15, 0.2) is 0 Å². The molecular formula is C9H10ClFN2O3. The minimum absolute atomic E-state index is 0.00606. The van der Waals surface area contributed by atoms with Crippen molar-refractivity contribution >= 4 is 23.0 Å². The van der Waals surface area contributed by atoms with Crippen LogP contribution in [0, 0.1) is 15.9 Å². The molecule has 1 unspecified atom stereocenters. The van der Waals surface area contributed by atoms with Gasteiger partial charge in [0.05, 0.1) is 16.6 Å². The monoisotopic (exact) mass is 248 g/mol. The lowest BCUT2D eigenvalue weighted by molar-refractivity contribution is -0.384. The number of nitrogens with zero attached hydrogens (tertiary/aromatic N) is 1. The van der Waals surface area contributed by atoms with Crippen molar-refractivity contribution in [2.45, 2.75) is 13.0 Å². The van der Waals surface area contributed by atoms with Crippen molar-refractivity contribution < 1.29 is 14.4 Å². The molecule has 1 rings (SSSR count). The van der Waals surface area contributed by atoms with Gasteiger partial charge < -0.3 is 10.4 Å². The van der Waals surface area contributed by atoms with Gasteiger partial charge in [0, 0.05) is 18.2 Å². The average molecular weight is 249 g/mol. The maximum Gasteiger partial charge on any atom is 0.294 e. The van der Waals surface area contributed by atoms with E-state index in [-0.39, 0.29) is 23.0 Å². The van der Waals surface area contributed by atoms with Crippen LogP contribution in [0.2, 0.25) is 5.02 Å². The molecule has 2 N–H and O–H groups in total. The summed E-state index contributed by atoms with van der Waals surface area (Å²) in [6.45, 7) is 1.39. The Balaban J connectivity index is 3.14. The number of aliphatic hydroxyl groups is 1. The van der Waals surface area contributed by atoms with Crippen molar-refractivity contribution in [3.05, 3.63) is 33.1 Å². The molecule has 1 atom stereocenters. The number of rotatable bonds is 4. The second-order valence-corrected chi connectivity index (χ2v) is 3.68. The van der Waals surface area contributed by atoms with E-state index in [1.165, 1.54) is 0 Å². The zero-order chi connectivity index (χ0) is 12.3. The van der Waals surface area contributed by atoms with E-state index in [2.05, 4.69) is 5.32 Å². The van der Waals surface area contributed by atoms with E-state index in [4.69, 9.17) is 16.7 Å². The van der Waals surface area contributed by atoms with Crippen molar-refractivity contribution in [2.24, 2.45) is 0 Å². The number of halogens is 2. The molecule has 0 radical (unpaired) electrons. The van der Waals surface area contributed by atoms with Gasteiger partial charge in [-0.05, 0) is 6.92 Å². The van der Waals surface area contributed by atoms with Gasteiger partial charge in [-0.3, -0.25) is 10.1 Å². The maximum absolute atomic E-state index is 13.1. The van der Waals surface area contributed by atoms with Gasteiger partial charge in [-0.2, -0.15) is 0 Å². The van der Waals surface area contributed by atoms with Crippen molar-refractivity contribution in [1.29, 1.82) is 0 Å². The summed E-state index contributed by atoms with van der Waals surface area (Å²) in [6.07, 6.45) is 0. The first-order valence-electron chi connectivity index (χ1n) is 4.46. The lowest BCUT2D eigenvalue weighted by Crippen LogP contribution is -2.20. The van der Waals surface area contributed by atoms with Gasteiger partial charge in [0.25, 0.3) is 5.69 Å². The first-order valence-corrected chi connectivity index (χ1v) is 4.84. The highest BCUT2D eigenvalue weighted by molar-refractivity contribution is 6.31. The molecule has 0 aliphatic rings. The number of anilines is 1. The predicted octanol–water partition coefficient (Wildman–Crippen LogP) is 2.18. The van der Waals surface area contributed by atoms with Crippen LogP contribution >= 0.6 is 11.6 Å². The van der Waals surface area contributed by atoms with Gasteiger partial charge in [0.1, 0.15) is 11.5 Å². The summed E-state index contributed by atoms with van der Waals surface area (Å²) in [5.74, 6) is -0.750. The maximum atomic E-state index is 13.1. The van der Waals surface area contributed by atoms with Gasteiger partial charge in [-0.15, -0.1) is 0 Å². The van der Waals surface area contributed by atoms with Crippen LogP contribution in [0.5, 0.6) is 0 Å². The average Bonchev–Trinajstić information content (AvgIpc) is 2.22. The van der Waals surface area contributed by atoms with Crippen LogP contribution < -0.4 is 5.32 Å². The number of hydrogen-bond donors (Lipinski definition) is 2. The molecule has 0 heterocycles. The molecular weight excluding hydrogens is 239 g/mol. The molecule has 16 heavy (non-hydrogen) atoms. The summed E-state index contributed by atoms with van der Waals surface area (Å²) >= 11 is 5.44. The summed E-state index contributed by atoms with van der Waals surface area (Å²) in [7, 11) is 0. The standard InChI is InChI=1S/C9H10ClFN2O3/c1-5(4-14)12-8-3-7(11)6(10)2-9(8)13(15)16/h2-3,5,12,14H,4H2,1H3. The fourth-order valence-corrected chi connectivity index (χ4v) is 1.27. The van der Waals surface area contributed by atoms with Gasteiger partial charge in [-0.1, -0.05) is 11.6 Å². The number of nitro groups is 1. The molecule has 1 aromatic rings. The third-order valence-corrected chi connectivity index (χ3v) is 2.20. The smallest absolute Gasteiger partial charge is 0.294 e. The lowest BCUT2D eigenvalue weighted by atomic mass is 10.2. The minimum Gasteiger partial charge on any atom is -0.394 e. The molecule has 0 fully saturated rings. The Bertz CT molecular complexity index is 414. The SMILES string of the molecule is CC(CO)Nc1cc(F)c(Cl)cc1[N+](=O)[O-]. The second kappa shape index (κ2) is 5.09. The van der Waals surface area contributed by atoms with E-state index in [0.717, 1.165) is 12.1 Å². The molecule has 0 saturated heterocycles. The second-order valence-electron chi connectivity index (χ2n) is 3.27. The van der Waals surface area contributed by atoms with E-state index in [1.807, 2.05) is 0 Å². The predicted molar refractivity (Wildman–Crippen MR) is 58.2 cm³/mol. The molecule has 7 heteroatoms. The third kappa shape index (κ3) is 2.80. The Hall–Kier alpha value is -1.40. The third-order valence-electron chi connectivity index (χ3n) is 1.91. The van der Waals surface area contributed by atoms with Crippen LogP contribution in [0.3, 0.4) is 0 Å². The quantitative estimate of drug-likeness (QED) is 0.633. The van der Waals surface area contributed by atoms with Crippen LogP contribution in [0.15, 0.2) is 12.1 Å². The molecule has 1 aromatic carbocycles. The highest BCUT2D eigenvalue weighted by atomic mass is 35.5. The molecule has 0 aliphatic carbocycles. The number of hydrogen-bond acceptors (Lipinski definition) is 4. The summed E-state index contributed by atoms with van der Waals surface area (Å²) in [4.78, 5) is 10.0. The van der Waals surface area contributed by atoms with E-state index in [0.29, 0.717) is 0 Å².